The van der Waals surface area contributed by atoms with Crippen molar-refractivity contribution in [3.8, 4) is 0 Å². The number of aromatic amines is 1. The Bertz CT molecular complexity index is 724. The second-order valence-electron chi connectivity index (χ2n) is 7.44. The molecule has 1 aliphatic rings. The van der Waals surface area contributed by atoms with E-state index in [1.54, 1.807) is 17.0 Å². The summed E-state index contributed by atoms with van der Waals surface area (Å²) in [5.74, 6) is -0.829. The highest BCUT2D eigenvalue weighted by Gasteiger charge is 2.34. The van der Waals surface area contributed by atoms with Gasteiger partial charge in [0, 0.05) is 24.0 Å². The lowest BCUT2D eigenvalue weighted by molar-refractivity contribution is -0.127. The molecular formula is C20H24N2O2. The van der Waals surface area contributed by atoms with Crippen molar-refractivity contribution in [3.05, 3.63) is 59.4 Å². The van der Waals surface area contributed by atoms with Gasteiger partial charge in [0.2, 0.25) is 5.78 Å². The quantitative estimate of drug-likeness (QED) is 0.688. The Morgan fingerprint density at radius 1 is 1.12 bits per heavy atom. The number of amides is 1. The largest absolute Gasteiger partial charge is 0.363 e. The Morgan fingerprint density at radius 2 is 1.83 bits per heavy atom. The van der Waals surface area contributed by atoms with E-state index in [1.807, 2.05) is 30.5 Å². The first-order valence-corrected chi connectivity index (χ1v) is 8.47. The third-order valence-corrected chi connectivity index (χ3v) is 4.70. The molecule has 1 saturated heterocycles. The molecule has 0 bridgehead atoms. The molecule has 1 amide bonds. The van der Waals surface area contributed by atoms with Crippen LogP contribution in [0.5, 0.6) is 0 Å². The van der Waals surface area contributed by atoms with Crippen molar-refractivity contribution in [1.29, 1.82) is 0 Å². The number of nitrogens with one attached hydrogen (secondary N) is 1. The van der Waals surface area contributed by atoms with Crippen LogP contribution in [0.2, 0.25) is 0 Å². The number of hydrogen-bond donors (Lipinski definition) is 1. The van der Waals surface area contributed by atoms with Crippen LogP contribution in [0.3, 0.4) is 0 Å². The van der Waals surface area contributed by atoms with E-state index in [9.17, 15) is 9.59 Å². The summed E-state index contributed by atoms with van der Waals surface area (Å²) in [5, 5.41) is 0. The fraction of sp³-hybridized carbons (Fsp3) is 0.400. The SMILES string of the molecule is CC(C)(C)c1ccc(C(=O)C(=O)N2CCC[C@@H]2c2ccc[nH]2)cc1. The van der Waals surface area contributed by atoms with Crippen LogP contribution in [0.1, 0.15) is 61.3 Å². The molecule has 4 heteroatoms. The van der Waals surface area contributed by atoms with E-state index in [0.29, 0.717) is 12.1 Å². The van der Waals surface area contributed by atoms with E-state index in [0.717, 1.165) is 24.1 Å². The van der Waals surface area contributed by atoms with Gasteiger partial charge in [-0.1, -0.05) is 45.0 Å². The standard InChI is InChI=1S/C20H24N2O2/c1-20(2,3)15-10-8-14(9-11-15)18(23)19(24)22-13-5-7-17(22)16-6-4-12-21-16/h4,6,8-12,17,21H,5,7,13H2,1-3H3/t17-/m1/s1. The van der Waals surface area contributed by atoms with Crippen LogP contribution in [0.25, 0.3) is 0 Å². The summed E-state index contributed by atoms with van der Waals surface area (Å²) in [6, 6.07) is 11.3. The normalized spacial score (nSPS) is 18.0. The minimum Gasteiger partial charge on any atom is -0.363 e. The first kappa shape index (κ1) is 16.5. The van der Waals surface area contributed by atoms with Gasteiger partial charge in [0.15, 0.2) is 0 Å². The van der Waals surface area contributed by atoms with E-state index in [1.165, 1.54) is 0 Å². The Hall–Kier alpha value is -2.36. The van der Waals surface area contributed by atoms with Crippen molar-refractivity contribution in [2.75, 3.05) is 6.54 Å². The van der Waals surface area contributed by atoms with Gasteiger partial charge < -0.3 is 9.88 Å². The van der Waals surface area contributed by atoms with Crippen molar-refractivity contribution in [2.24, 2.45) is 0 Å². The summed E-state index contributed by atoms with van der Waals surface area (Å²) in [5.41, 5.74) is 2.64. The van der Waals surface area contributed by atoms with Crippen LogP contribution >= 0.6 is 0 Å². The molecule has 1 N–H and O–H groups in total. The first-order valence-electron chi connectivity index (χ1n) is 8.47. The van der Waals surface area contributed by atoms with Crippen LogP contribution in [0.15, 0.2) is 42.6 Å². The molecule has 2 heterocycles. The van der Waals surface area contributed by atoms with Gasteiger partial charge in [-0.05, 0) is 36.0 Å². The second kappa shape index (κ2) is 6.27. The molecule has 2 aromatic rings. The predicted octanol–water partition coefficient (Wildman–Crippen LogP) is 3.86. The number of benzene rings is 1. The lowest BCUT2D eigenvalue weighted by Crippen LogP contribution is -2.36. The highest BCUT2D eigenvalue weighted by atomic mass is 16.2. The predicted molar refractivity (Wildman–Crippen MR) is 94.0 cm³/mol. The molecular weight excluding hydrogens is 300 g/mol. The zero-order valence-corrected chi connectivity index (χ0v) is 14.5. The van der Waals surface area contributed by atoms with E-state index < -0.39 is 11.7 Å². The summed E-state index contributed by atoms with van der Waals surface area (Å²) in [4.78, 5) is 30.2. The summed E-state index contributed by atoms with van der Waals surface area (Å²) < 4.78 is 0. The molecule has 1 aromatic carbocycles. The van der Waals surface area contributed by atoms with Crippen molar-refractivity contribution in [2.45, 2.75) is 45.1 Å². The molecule has 1 atom stereocenters. The third kappa shape index (κ3) is 3.14. The summed E-state index contributed by atoms with van der Waals surface area (Å²) in [7, 11) is 0. The smallest absolute Gasteiger partial charge is 0.295 e. The fourth-order valence-electron chi connectivity index (χ4n) is 3.26. The Kier molecular flexibility index (Phi) is 4.31. The van der Waals surface area contributed by atoms with Gasteiger partial charge in [-0.25, -0.2) is 0 Å². The van der Waals surface area contributed by atoms with Crippen LogP contribution in [0.4, 0.5) is 0 Å². The van der Waals surface area contributed by atoms with E-state index in [-0.39, 0.29) is 11.5 Å². The van der Waals surface area contributed by atoms with Crippen molar-refractivity contribution in [3.63, 3.8) is 0 Å². The summed E-state index contributed by atoms with van der Waals surface area (Å²) in [6.45, 7) is 7.01. The number of carbonyl (C=O) groups is 2. The summed E-state index contributed by atoms with van der Waals surface area (Å²) in [6.07, 6.45) is 3.66. The van der Waals surface area contributed by atoms with E-state index >= 15 is 0 Å². The van der Waals surface area contributed by atoms with Crippen LogP contribution in [-0.4, -0.2) is 28.1 Å². The lowest BCUT2D eigenvalue weighted by Gasteiger charge is -2.23. The molecule has 1 aromatic heterocycles. The molecule has 3 rings (SSSR count). The zero-order valence-electron chi connectivity index (χ0n) is 14.5. The molecule has 1 fully saturated rings. The van der Waals surface area contributed by atoms with Crippen LogP contribution in [-0.2, 0) is 10.2 Å². The minimum absolute atomic E-state index is 0.0229. The van der Waals surface area contributed by atoms with Crippen molar-refractivity contribution < 1.29 is 9.59 Å². The Labute approximate surface area is 142 Å². The monoisotopic (exact) mass is 324 g/mol. The first-order chi connectivity index (χ1) is 11.4. The Balaban J connectivity index is 1.78. The number of rotatable bonds is 3. The van der Waals surface area contributed by atoms with E-state index in [4.69, 9.17) is 0 Å². The molecule has 0 saturated carbocycles. The third-order valence-electron chi connectivity index (χ3n) is 4.70. The maximum absolute atomic E-state index is 12.7. The topological polar surface area (TPSA) is 53.2 Å². The highest BCUT2D eigenvalue weighted by molar-refractivity contribution is 6.42. The molecule has 24 heavy (non-hydrogen) atoms. The van der Waals surface area contributed by atoms with Gasteiger partial charge in [0.25, 0.3) is 5.91 Å². The van der Waals surface area contributed by atoms with Gasteiger partial charge in [-0.3, -0.25) is 9.59 Å². The van der Waals surface area contributed by atoms with E-state index in [2.05, 4.69) is 25.8 Å². The highest BCUT2D eigenvalue weighted by Crippen LogP contribution is 2.31. The number of likely N-dealkylation sites (tertiary alicyclic amines) is 1. The number of nitrogens with zero attached hydrogens (tertiary/aromatic N) is 1. The van der Waals surface area contributed by atoms with Crippen molar-refractivity contribution >= 4 is 11.7 Å². The second-order valence-corrected chi connectivity index (χ2v) is 7.44. The fourth-order valence-corrected chi connectivity index (χ4v) is 3.26. The van der Waals surface area contributed by atoms with Gasteiger partial charge in [0.1, 0.15) is 0 Å². The number of ketones is 1. The lowest BCUT2D eigenvalue weighted by atomic mass is 9.86. The number of Topliss-reactive ketones (excluding diaryl/α,β-unsaturated/α-hetero) is 1. The zero-order chi connectivity index (χ0) is 17.3. The van der Waals surface area contributed by atoms with Crippen LogP contribution in [0, 0.1) is 0 Å². The Morgan fingerprint density at radius 3 is 2.42 bits per heavy atom. The average molecular weight is 324 g/mol. The molecule has 4 nitrogen and oxygen atoms in total. The van der Waals surface area contributed by atoms with Gasteiger partial charge in [-0.2, -0.15) is 0 Å². The molecule has 0 aliphatic carbocycles. The number of H-pyrrole nitrogens is 1. The molecule has 0 radical (unpaired) electrons. The maximum atomic E-state index is 12.7. The molecule has 126 valence electrons. The number of carbonyl (C=O) groups excluding carboxylic acids is 2. The summed E-state index contributed by atoms with van der Waals surface area (Å²) >= 11 is 0. The average Bonchev–Trinajstić information content (AvgIpc) is 3.23. The molecule has 0 spiro atoms. The number of hydrogen-bond acceptors (Lipinski definition) is 2. The maximum Gasteiger partial charge on any atom is 0.295 e. The van der Waals surface area contributed by atoms with Gasteiger partial charge in [0.05, 0.1) is 6.04 Å². The molecule has 0 unspecified atom stereocenters. The van der Waals surface area contributed by atoms with Gasteiger partial charge >= 0.3 is 0 Å². The number of aromatic nitrogens is 1. The van der Waals surface area contributed by atoms with Gasteiger partial charge in [-0.15, -0.1) is 0 Å². The molecule has 1 aliphatic heterocycles. The van der Waals surface area contributed by atoms with Crippen molar-refractivity contribution in [1.82, 2.24) is 9.88 Å². The van der Waals surface area contributed by atoms with Crippen LogP contribution < -0.4 is 0 Å². The minimum atomic E-state index is -0.422.